The van der Waals surface area contributed by atoms with Crippen molar-refractivity contribution >= 4 is 28.9 Å². The van der Waals surface area contributed by atoms with Crippen molar-refractivity contribution in [3.63, 3.8) is 0 Å². The molecule has 1 aromatic carbocycles. The van der Waals surface area contributed by atoms with Crippen LogP contribution in [0.15, 0.2) is 18.2 Å². The van der Waals surface area contributed by atoms with Gasteiger partial charge in [-0.3, -0.25) is 0 Å². The van der Waals surface area contributed by atoms with Crippen molar-refractivity contribution in [3.05, 3.63) is 28.2 Å². The monoisotopic (exact) mass is 313 g/mol. The molecule has 112 valence electrons. The van der Waals surface area contributed by atoms with Crippen molar-refractivity contribution in [2.24, 2.45) is 11.3 Å². The second-order valence-electron chi connectivity index (χ2n) is 7.01. The molecule has 1 saturated carbocycles. The zero-order valence-electron chi connectivity index (χ0n) is 12.7. The molecule has 1 aliphatic carbocycles. The molecule has 1 fully saturated rings. The van der Waals surface area contributed by atoms with Crippen LogP contribution in [0.25, 0.3) is 0 Å². The first-order chi connectivity index (χ1) is 9.38. The van der Waals surface area contributed by atoms with Crippen molar-refractivity contribution in [2.75, 3.05) is 5.32 Å². The Hall–Kier alpha value is -0.400. The fraction of sp³-hybridized carbons (Fsp3) is 0.647. The minimum absolute atomic E-state index is 0.419. The molecule has 1 nitrogen and oxygen atoms in total. The van der Waals surface area contributed by atoms with Gasteiger partial charge >= 0.3 is 0 Å². The number of hydrogen-bond acceptors (Lipinski definition) is 1. The molecule has 0 saturated heterocycles. The Kier molecular flexibility index (Phi) is 5.25. The van der Waals surface area contributed by atoms with Crippen molar-refractivity contribution < 1.29 is 0 Å². The van der Waals surface area contributed by atoms with Gasteiger partial charge in [0, 0.05) is 6.04 Å². The lowest BCUT2D eigenvalue weighted by Gasteiger charge is -2.29. The van der Waals surface area contributed by atoms with Crippen LogP contribution < -0.4 is 5.32 Å². The molecule has 0 amide bonds. The highest BCUT2D eigenvalue weighted by Crippen LogP contribution is 2.38. The van der Waals surface area contributed by atoms with Gasteiger partial charge in [-0.15, -0.1) is 0 Å². The molecule has 20 heavy (non-hydrogen) atoms. The van der Waals surface area contributed by atoms with Gasteiger partial charge in [-0.2, -0.15) is 0 Å². The minimum atomic E-state index is 0.419. The molecular weight excluding hydrogens is 289 g/mol. The first-order valence-electron chi connectivity index (χ1n) is 7.58. The fourth-order valence-electron chi connectivity index (χ4n) is 3.15. The summed E-state index contributed by atoms with van der Waals surface area (Å²) in [6.07, 6.45) is 6.35. The van der Waals surface area contributed by atoms with Crippen LogP contribution in [0.1, 0.15) is 52.9 Å². The highest BCUT2D eigenvalue weighted by molar-refractivity contribution is 6.43. The molecule has 2 rings (SSSR count). The topological polar surface area (TPSA) is 12.0 Å². The maximum absolute atomic E-state index is 6.26. The van der Waals surface area contributed by atoms with E-state index in [1.807, 2.05) is 18.2 Å². The molecule has 0 heterocycles. The van der Waals surface area contributed by atoms with Gasteiger partial charge in [0.15, 0.2) is 0 Å². The molecule has 3 heteroatoms. The van der Waals surface area contributed by atoms with Crippen molar-refractivity contribution in [1.82, 2.24) is 0 Å². The second-order valence-corrected chi connectivity index (χ2v) is 7.80. The van der Waals surface area contributed by atoms with Crippen LogP contribution in [0.5, 0.6) is 0 Å². The van der Waals surface area contributed by atoms with Gasteiger partial charge in [0.2, 0.25) is 0 Å². The van der Waals surface area contributed by atoms with E-state index < -0.39 is 0 Å². The van der Waals surface area contributed by atoms with E-state index in [9.17, 15) is 0 Å². The summed E-state index contributed by atoms with van der Waals surface area (Å²) in [5.74, 6) is 0.823. The van der Waals surface area contributed by atoms with Crippen molar-refractivity contribution in [1.29, 1.82) is 0 Å². The predicted molar refractivity (Wildman–Crippen MR) is 89.9 cm³/mol. The Labute approximate surface area is 133 Å². The Morgan fingerprint density at radius 1 is 1.05 bits per heavy atom. The largest absolute Gasteiger partial charge is 0.381 e. The summed E-state index contributed by atoms with van der Waals surface area (Å²) in [5, 5.41) is 4.85. The van der Waals surface area contributed by atoms with Crippen LogP contribution in [0.4, 0.5) is 5.69 Å². The Morgan fingerprint density at radius 3 is 2.50 bits per heavy atom. The maximum Gasteiger partial charge on any atom is 0.0823 e. The number of nitrogens with one attached hydrogen (secondary N) is 1. The zero-order valence-corrected chi connectivity index (χ0v) is 14.2. The molecule has 2 atom stereocenters. The third-order valence-corrected chi connectivity index (χ3v) is 5.32. The summed E-state index contributed by atoms with van der Waals surface area (Å²) in [6.45, 7) is 7.08. The summed E-state index contributed by atoms with van der Waals surface area (Å²) in [5.41, 5.74) is 1.39. The summed E-state index contributed by atoms with van der Waals surface area (Å²) in [6, 6.07) is 6.31. The van der Waals surface area contributed by atoms with E-state index in [4.69, 9.17) is 23.2 Å². The average molecular weight is 314 g/mol. The number of hydrogen-bond donors (Lipinski definition) is 1. The van der Waals surface area contributed by atoms with E-state index in [1.54, 1.807) is 0 Å². The summed E-state index contributed by atoms with van der Waals surface area (Å²) in [4.78, 5) is 0. The Balaban J connectivity index is 1.99. The molecular formula is C17H25Cl2N. The normalized spacial score (nSPS) is 24.2. The second kappa shape index (κ2) is 6.58. The van der Waals surface area contributed by atoms with Gasteiger partial charge < -0.3 is 5.32 Å². The van der Waals surface area contributed by atoms with Crippen LogP contribution in [-0.2, 0) is 0 Å². The Bertz CT molecular complexity index is 451. The molecule has 0 aliphatic heterocycles. The SMILES string of the molecule is CC(C)(C)C1CCCC(Nc2cccc(Cl)c2Cl)CC1. The smallest absolute Gasteiger partial charge is 0.0823 e. The van der Waals surface area contributed by atoms with Crippen molar-refractivity contribution in [3.8, 4) is 0 Å². The van der Waals surface area contributed by atoms with Gasteiger partial charge in [-0.25, -0.2) is 0 Å². The van der Waals surface area contributed by atoms with E-state index in [2.05, 4.69) is 26.1 Å². The van der Waals surface area contributed by atoms with Gasteiger partial charge in [0.25, 0.3) is 0 Å². The predicted octanol–water partition coefficient (Wildman–Crippen LogP) is 6.40. The quantitative estimate of drug-likeness (QED) is 0.623. The minimum Gasteiger partial charge on any atom is -0.381 e. The molecule has 0 spiro atoms. The Morgan fingerprint density at radius 2 is 1.80 bits per heavy atom. The van der Waals surface area contributed by atoms with E-state index in [1.165, 1.54) is 32.1 Å². The molecule has 0 aromatic heterocycles. The van der Waals surface area contributed by atoms with Crippen LogP contribution >= 0.6 is 23.2 Å². The first kappa shape index (κ1) is 16.0. The third kappa shape index (κ3) is 4.05. The number of rotatable bonds is 2. The zero-order chi connectivity index (χ0) is 14.8. The standard InChI is InChI=1S/C17H25Cl2N/c1-17(2,3)12-6-4-7-13(11-10-12)20-15-9-5-8-14(18)16(15)19/h5,8-9,12-13,20H,4,6-7,10-11H2,1-3H3. The van der Waals surface area contributed by atoms with Crippen LogP contribution in [0.2, 0.25) is 10.0 Å². The maximum atomic E-state index is 6.26. The number of anilines is 1. The number of halogens is 2. The van der Waals surface area contributed by atoms with E-state index in [0.717, 1.165) is 11.6 Å². The molecule has 1 N–H and O–H groups in total. The third-order valence-electron chi connectivity index (χ3n) is 4.50. The number of benzene rings is 1. The average Bonchev–Trinajstić information content (AvgIpc) is 2.60. The summed E-state index contributed by atoms with van der Waals surface area (Å²) >= 11 is 12.3. The molecule has 1 aromatic rings. The summed E-state index contributed by atoms with van der Waals surface area (Å²) in [7, 11) is 0. The fourth-order valence-corrected chi connectivity index (χ4v) is 3.50. The highest BCUT2D eigenvalue weighted by Gasteiger charge is 2.27. The van der Waals surface area contributed by atoms with Gasteiger partial charge in [-0.1, -0.05) is 56.5 Å². The molecule has 2 unspecified atom stereocenters. The van der Waals surface area contributed by atoms with Gasteiger partial charge in [-0.05, 0) is 49.1 Å². The van der Waals surface area contributed by atoms with Gasteiger partial charge in [0.05, 0.1) is 15.7 Å². The van der Waals surface area contributed by atoms with E-state index in [-0.39, 0.29) is 0 Å². The lowest BCUT2D eigenvalue weighted by molar-refractivity contribution is 0.214. The molecule has 0 bridgehead atoms. The lowest BCUT2D eigenvalue weighted by Crippen LogP contribution is -2.21. The lowest BCUT2D eigenvalue weighted by atomic mass is 9.76. The van der Waals surface area contributed by atoms with Crippen LogP contribution in [0, 0.1) is 11.3 Å². The van der Waals surface area contributed by atoms with E-state index in [0.29, 0.717) is 21.5 Å². The van der Waals surface area contributed by atoms with E-state index >= 15 is 0 Å². The van der Waals surface area contributed by atoms with Gasteiger partial charge in [0.1, 0.15) is 0 Å². The highest BCUT2D eigenvalue weighted by atomic mass is 35.5. The first-order valence-corrected chi connectivity index (χ1v) is 8.34. The molecule has 0 radical (unpaired) electrons. The molecule has 1 aliphatic rings. The summed E-state index contributed by atoms with van der Waals surface area (Å²) < 4.78 is 0. The van der Waals surface area contributed by atoms with Crippen LogP contribution in [0.3, 0.4) is 0 Å². The van der Waals surface area contributed by atoms with Crippen molar-refractivity contribution in [2.45, 2.75) is 58.9 Å². The van der Waals surface area contributed by atoms with Crippen LogP contribution in [-0.4, -0.2) is 6.04 Å².